The van der Waals surface area contributed by atoms with E-state index in [1.807, 2.05) is 28.9 Å². The maximum absolute atomic E-state index is 6.02. The van der Waals surface area contributed by atoms with Crippen LogP contribution < -0.4 is 10.5 Å². The molecule has 114 valence electrons. The van der Waals surface area contributed by atoms with E-state index >= 15 is 0 Å². The quantitative estimate of drug-likeness (QED) is 0.787. The third kappa shape index (κ3) is 2.83. The van der Waals surface area contributed by atoms with Crippen LogP contribution in [0.15, 0.2) is 42.7 Å². The fourth-order valence-corrected chi connectivity index (χ4v) is 2.59. The Kier molecular flexibility index (Phi) is 4.11. The first-order valence-electron chi connectivity index (χ1n) is 7.53. The van der Waals surface area contributed by atoms with Gasteiger partial charge in [0.25, 0.3) is 0 Å². The molecule has 0 aliphatic heterocycles. The zero-order chi connectivity index (χ0) is 15.5. The van der Waals surface area contributed by atoms with Crippen molar-refractivity contribution in [1.29, 1.82) is 0 Å². The van der Waals surface area contributed by atoms with E-state index in [9.17, 15) is 0 Å². The maximum atomic E-state index is 6.02. The molecule has 0 bridgehead atoms. The molecule has 0 saturated heterocycles. The zero-order valence-electron chi connectivity index (χ0n) is 13.0. The lowest BCUT2D eigenvalue weighted by Gasteiger charge is -2.11. The molecule has 0 amide bonds. The minimum absolute atomic E-state index is 0.548. The van der Waals surface area contributed by atoms with Gasteiger partial charge in [-0.1, -0.05) is 23.8 Å². The minimum Gasteiger partial charge on any atom is -0.485 e. The molecule has 0 spiro atoms. The molecule has 0 saturated carbocycles. The Morgan fingerprint density at radius 1 is 1.23 bits per heavy atom. The fraction of sp³-hybridized carbons (Fsp3) is 0.278. The van der Waals surface area contributed by atoms with E-state index in [2.05, 4.69) is 37.0 Å². The maximum Gasteiger partial charge on any atom is 0.179 e. The van der Waals surface area contributed by atoms with E-state index in [4.69, 9.17) is 10.5 Å². The number of nitrogens with two attached hydrogens (primary N) is 1. The Morgan fingerprint density at radius 2 is 2.09 bits per heavy atom. The SMILES string of the molecule is Cc1ccc(C)c(COc2cccn3c(CCN)cnc23)c1. The van der Waals surface area contributed by atoms with Crippen LogP contribution in [-0.2, 0) is 13.0 Å². The van der Waals surface area contributed by atoms with Crippen molar-refractivity contribution in [2.45, 2.75) is 26.9 Å². The Morgan fingerprint density at radius 3 is 2.91 bits per heavy atom. The van der Waals surface area contributed by atoms with Crippen LogP contribution >= 0.6 is 0 Å². The average molecular weight is 295 g/mol. The van der Waals surface area contributed by atoms with Crippen molar-refractivity contribution in [3.8, 4) is 5.75 Å². The molecule has 4 nitrogen and oxygen atoms in total. The van der Waals surface area contributed by atoms with Gasteiger partial charge in [-0.05, 0) is 43.7 Å². The predicted molar refractivity (Wildman–Crippen MR) is 88.2 cm³/mol. The van der Waals surface area contributed by atoms with Crippen LogP contribution in [0.4, 0.5) is 0 Å². The molecule has 3 rings (SSSR count). The number of aromatic nitrogens is 2. The third-order valence-corrected chi connectivity index (χ3v) is 3.86. The molecule has 3 aromatic rings. The molecular weight excluding hydrogens is 274 g/mol. The van der Waals surface area contributed by atoms with Gasteiger partial charge in [0.15, 0.2) is 11.4 Å². The van der Waals surface area contributed by atoms with E-state index in [1.165, 1.54) is 16.7 Å². The number of hydrogen-bond acceptors (Lipinski definition) is 3. The Balaban J connectivity index is 1.86. The summed E-state index contributed by atoms with van der Waals surface area (Å²) < 4.78 is 8.06. The molecule has 2 N–H and O–H groups in total. The molecule has 2 aromatic heterocycles. The highest BCUT2D eigenvalue weighted by Crippen LogP contribution is 2.22. The van der Waals surface area contributed by atoms with Gasteiger partial charge in [-0.3, -0.25) is 0 Å². The Bertz CT molecular complexity index is 792. The van der Waals surface area contributed by atoms with E-state index in [0.29, 0.717) is 13.2 Å². The molecule has 0 aliphatic carbocycles. The van der Waals surface area contributed by atoms with Gasteiger partial charge in [0, 0.05) is 24.5 Å². The van der Waals surface area contributed by atoms with Gasteiger partial charge >= 0.3 is 0 Å². The smallest absolute Gasteiger partial charge is 0.179 e. The van der Waals surface area contributed by atoms with Gasteiger partial charge in [-0.25, -0.2) is 4.98 Å². The zero-order valence-corrected chi connectivity index (χ0v) is 13.0. The normalized spacial score (nSPS) is 11.0. The van der Waals surface area contributed by atoms with Crippen molar-refractivity contribution in [2.75, 3.05) is 6.54 Å². The number of pyridine rings is 1. The number of nitrogens with zero attached hydrogens (tertiary/aromatic N) is 2. The molecule has 1 aromatic carbocycles. The lowest BCUT2D eigenvalue weighted by molar-refractivity contribution is 0.307. The molecule has 22 heavy (non-hydrogen) atoms. The summed E-state index contributed by atoms with van der Waals surface area (Å²) in [7, 11) is 0. The first kappa shape index (κ1) is 14.6. The number of imidazole rings is 1. The lowest BCUT2D eigenvalue weighted by atomic mass is 10.1. The van der Waals surface area contributed by atoms with Gasteiger partial charge in [0.05, 0.1) is 0 Å². The van der Waals surface area contributed by atoms with E-state index < -0.39 is 0 Å². The topological polar surface area (TPSA) is 52.5 Å². The lowest BCUT2D eigenvalue weighted by Crippen LogP contribution is -2.05. The van der Waals surface area contributed by atoms with Crippen LogP contribution in [0.5, 0.6) is 5.75 Å². The number of benzene rings is 1. The molecule has 0 radical (unpaired) electrons. The van der Waals surface area contributed by atoms with Crippen molar-refractivity contribution >= 4 is 5.65 Å². The summed E-state index contributed by atoms with van der Waals surface area (Å²) in [5.74, 6) is 0.798. The highest BCUT2D eigenvalue weighted by atomic mass is 16.5. The second-order valence-corrected chi connectivity index (χ2v) is 5.57. The molecule has 0 unspecified atom stereocenters. The molecule has 2 heterocycles. The van der Waals surface area contributed by atoms with Crippen LogP contribution in [0.2, 0.25) is 0 Å². The highest BCUT2D eigenvalue weighted by Gasteiger charge is 2.08. The number of aryl methyl sites for hydroxylation is 2. The Labute approximate surface area is 130 Å². The molecule has 4 heteroatoms. The van der Waals surface area contributed by atoms with Crippen molar-refractivity contribution in [3.05, 3.63) is 65.1 Å². The summed E-state index contributed by atoms with van der Waals surface area (Å²) in [6, 6.07) is 10.4. The summed E-state index contributed by atoms with van der Waals surface area (Å²) in [4.78, 5) is 4.47. The monoisotopic (exact) mass is 295 g/mol. The molecule has 0 aliphatic rings. The predicted octanol–water partition coefficient (Wildman–Crippen LogP) is 3.03. The highest BCUT2D eigenvalue weighted by molar-refractivity contribution is 5.54. The van der Waals surface area contributed by atoms with Gasteiger partial charge in [0.1, 0.15) is 6.61 Å². The van der Waals surface area contributed by atoms with Gasteiger partial charge in [-0.15, -0.1) is 0 Å². The van der Waals surface area contributed by atoms with E-state index in [-0.39, 0.29) is 0 Å². The molecule has 0 atom stereocenters. The summed E-state index contributed by atoms with van der Waals surface area (Å²) >= 11 is 0. The van der Waals surface area contributed by atoms with Gasteiger partial charge in [0.2, 0.25) is 0 Å². The summed E-state index contributed by atoms with van der Waals surface area (Å²) in [6.07, 6.45) is 4.67. The molecule has 0 fully saturated rings. The number of rotatable bonds is 5. The average Bonchev–Trinajstić information content (AvgIpc) is 2.92. The van der Waals surface area contributed by atoms with Crippen LogP contribution in [0.1, 0.15) is 22.4 Å². The second-order valence-electron chi connectivity index (χ2n) is 5.57. The van der Waals surface area contributed by atoms with Gasteiger partial charge < -0.3 is 14.9 Å². The standard InChI is InChI=1S/C18H21N3O/c1-13-5-6-14(2)15(10-13)12-22-17-4-3-9-21-16(7-8-19)11-20-18(17)21/h3-6,9-11H,7-8,12,19H2,1-2H3. The minimum atomic E-state index is 0.548. The number of hydrogen-bond donors (Lipinski definition) is 1. The molecular formula is C18H21N3O. The summed E-state index contributed by atoms with van der Waals surface area (Å²) in [6.45, 7) is 5.36. The van der Waals surface area contributed by atoms with Crippen LogP contribution in [-0.4, -0.2) is 15.9 Å². The number of fused-ring (bicyclic) bond motifs is 1. The van der Waals surface area contributed by atoms with Crippen molar-refractivity contribution in [2.24, 2.45) is 5.73 Å². The van der Waals surface area contributed by atoms with Crippen molar-refractivity contribution < 1.29 is 4.74 Å². The van der Waals surface area contributed by atoms with Crippen LogP contribution in [0.25, 0.3) is 5.65 Å². The fourth-order valence-electron chi connectivity index (χ4n) is 2.59. The number of ether oxygens (including phenoxy) is 1. The second kappa shape index (κ2) is 6.20. The first-order valence-corrected chi connectivity index (χ1v) is 7.53. The van der Waals surface area contributed by atoms with Crippen LogP contribution in [0, 0.1) is 13.8 Å². The van der Waals surface area contributed by atoms with Crippen molar-refractivity contribution in [3.63, 3.8) is 0 Å². The summed E-state index contributed by atoms with van der Waals surface area (Å²) in [5.41, 5.74) is 11.3. The third-order valence-electron chi connectivity index (χ3n) is 3.86. The van der Waals surface area contributed by atoms with Gasteiger partial charge in [-0.2, -0.15) is 0 Å². The Hall–Kier alpha value is -2.33. The van der Waals surface area contributed by atoms with E-state index in [1.54, 1.807) is 0 Å². The van der Waals surface area contributed by atoms with Crippen LogP contribution in [0.3, 0.4) is 0 Å². The van der Waals surface area contributed by atoms with Crippen molar-refractivity contribution in [1.82, 2.24) is 9.38 Å². The van der Waals surface area contributed by atoms with E-state index in [0.717, 1.165) is 23.5 Å². The first-order chi connectivity index (χ1) is 10.7. The largest absolute Gasteiger partial charge is 0.485 e. The summed E-state index contributed by atoms with van der Waals surface area (Å²) in [5, 5.41) is 0.